The van der Waals surface area contributed by atoms with Gasteiger partial charge in [-0.3, -0.25) is 9.69 Å². The number of benzene rings is 2. The van der Waals surface area contributed by atoms with E-state index >= 15 is 0 Å². The van der Waals surface area contributed by atoms with Gasteiger partial charge in [-0.1, -0.05) is 49.4 Å². The van der Waals surface area contributed by atoms with Crippen molar-refractivity contribution in [1.29, 1.82) is 0 Å². The fraction of sp³-hybridized carbons (Fsp3) is 0.435. The molecule has 1 aliphatic heterocycles. The maximum absolute atomic E-state index is 13.3. The summed E-state index contributed by atoms with van der Waals surface area (Å²) in [6.07, 6.45) is 0.982. The highest BCUT2D eigenvalue weighted by molar-refractivity contribution is 5.94. The number of hydrogen-bond donors (Lipinski definition) is 0. The fourth-order valence-corrected chi connectivity index (χ4v) is 3.51. The lowest BCUT2D eigenvalue weighted by Gasteiger charge is -2.35. The third-order valence-corrected chi connectivity index (χ3v) is 5.22. The summed E-state index contributed by atoms with van der Waals surface area (Å²) in [7, 11) is 0. The van der Waals surface area contributed by atoms with E-state index in [0.717, 1.165) is 50.4 Å². The maximum Gasteiger partial charge on any atom is 0.254 e. The SMILES string of the molecule is CCc1ccc(C(=O)N(Cc2ccccc2)C(C)CN2CCOCC2)cc1. The van der Waals surface area contributed by atoms with E-state index < -0.39 is 0 Å². The minimum atomic E-state index is 0.0993. The van der Waals surface area contributed by atoms with Crippen LogP contribution in [0.4, 0.5) is 0 Å². The first-order chi connectivity index (χ1) is 13.2. The van der Waals surface area contributed by atoms with Crippen molar-refractivity contribution >= 4 is 5.91 Å². The molecule has 1 unspecified atom stereocenters. The molecular weight excluding hydrogens is 336 g/mol. The molecule has 144 valence electrons. The van der Waals surface area contributed by atoms with Crippen LogP contribution in [0.15, 0.2) is 54.6 Å². The minimum absolute atomic E-state index is 0.0993. The highest BCUT2D eigenvalue weighted by Crippen LogP contribution is 2.16. The van der Waals surface area contributed by atoms with Crippen LogP contribution in [0.3, 0.4) is 0 Å². The van der Waals surface area contributed by atoms with E-state index in [4.69, 9.17) is 4.74 Å². The molecule has 0 aromatic heterocycles. The lowest BCUT2D eigenvalue weighted by atomic mass is 10.1. The summed E-state index contributed by atoms with van der Waals surface area (Å²) in [5, 5.41) is 0. The summed E-state index contributed by atoms with van der Waals surface area (Å²) in [5.74, 6) is 0.0993. The van der Waals surface area contributed by atoms with Gasteiger partial charge in [0.1, 0.15) is 0 Å². The van der Waals surface area contributed by atoms with Crippen molar-refractivity contribution in [1.82, 2.24) is 9.80 Å². The monoisotopic (exact) mass is 366 g/mol. The molecule has 0 saturated carbocycles. The molecule has 0 spiro atoms. The number of carbonyl (C=O) groups is 1. The van der Waals surface area contributed by atoms with Gasteiger partial charge in [0.05, 0.1) is 13.2 Å². The third kappa shape index (κ3) is 5.41. The van der Waals surface area contributed by atoms with Gasteiger partial charge >= 0.3 is 0 Å². The Labute approximate surface area is 162 Å². The van der Waals surface area contributed by atoms with Crippen LogP contribution >= 0.6 is 0 Å². The Morgan fingerprint density at radius 3 is 2.33 bits per heavy atom. The van der Waals surface area contributed by atoms with Crippen molar-refractivity contribution in [2.45, 2.75) is 32.9 Å². The van der Waals surface area contributed by atoms with Crippen molar-refractivity contribution in [2.75, 3.05) is 32.8 Å². The number of carbonyl (C=O) groups excluding carboxylic acids is 1. The molecule has 3 rings (SSSR count). The highest BCUT2D eigenvalue weighted by Gasteiger charge is 2.24. The topological polar surface area (TPSA) is 32.8 Å². The third-order valence-electron chi connectivity index (χ3n) is 5.22. The van der Waals surface area contributed by atoms with Gasteiger partial charge in [0.15, 0.2) is 0 Å². The minimum Gasteiger partial charge on any atom is -0.379 e. The first kappa shape index (κ1) is 19.6. The van der Waals surface area contributed by atoms with E-state index in [2.05, 4.69) is 43.0 Å². The molecule has 1 heterocycles. The number of ether oxygens (including phenoxy) is 1. The molecule has 2 aromatic rings. The van der Waals surface area contributed by atoms with Gasteiger partial charge in [0, 0.05) is 37.8 Å². The van der Waals surface area contributed by atoms with Crippen LogP contribution < -0.4 is 0 Å². The predicted molar refractivity (Wildman–Crippen MR) is 109 cm³/mol. The number of rotatable bonds is 7. The number of nitrogens with zero attached hydrogens (tertiary/aromatic N) is 2. The summed E-state index contributed by atoms with van der Waals surface area (Å²) in [6.45, 7) is 9.19. The Balaban J connectivity index is 1.77. The van der Waals surface area contributed by atoms with E-state index in [1.54, 1.807) is 0 Å². The molecular formula is C23H30N2O2. The fourth-order valence-electron chi connectivity index (χ4n) is 3.51. The van der Waals surface area contributed by atoms with Crippen LogP contribution in [0.2, 0.25) is 0 Å². The molecule has 1 amide bonds. The van der Waals surface area contributed by atoms with Crippen LogP contribution in [0, 0.1) is 0 Å². The lowest BCUT2D eigenvalue weighted by molar-refractivity contribution is 0.0228. The molecule has 1 atom stereocenters. The first-order valence-electron chi connectivity index (χ1n) is 9.91. The molecule has 27 heavy (non-hydrogen) atoms. The van der Waals surface area contributed by atoms with Crippen LogP contribution in [0.5, 0.6) is 0 Å². The van der Waals surface area contributed by atoms with Crippen molar-refractivity contribution in [3.8, 4) is 0 Å². The number of amides is 1. The quantitative estimate of drug-likeness (QED) is 0.750. The Bertz CT molecular complexity index is 709. The highest BCUT2D eigenvalue weighted by atomic mass is 16.5. The molecule has 2 aromatic carbocycles. The molecule has 1 aliphatic rings. The largest absolute Gasteiger partial charge is 0.379 e. The normalized spacial score (nSPS) is 16.1. The van der Waals surface area contributed by atoms with Gasteiger partial charge in [-0.15, -0.1) is 0 Å². The van der Waals surface area contributed by atoms with Gasteiger partial charge in [0.25, 0.3) is 5.91 Å². The van der Waals surface area contributed by atoms with Crippen molar-refractivity contribution < 1.29 is 9.53 Å². The second-order valence-electron chi connectivity index (χ2n) is 7.23. The van der Waals surface area contributed by atoms with Gasteiger partial charge < -0.3 is 9.64 Å². The molecule has 1 saturated heterocycles. The molecule has 0 N–H and O–H groups in total. The lowest BCUT2D eigenvalue weighted by Crippen LogP contribution is -2.48. The Hall–Kier alpha value is -2.17. The van der Waals surface area contributed by atoms with E-state index in [1.165, 1.54) is 5.56 Å². The second kappa shape index (κ2) is 9.67. The summed E-state index contributed by atoms with van der Waals surface area (Å²) in [5.41, 5.74) is 3.17. The van der Waals surface area contributed by atoms with E-state index in [1.807, 2.05) is 35.2 Å². The standard InChI is InChI=1S/C23H30N2O2/c1-3-20-9-11-22(12-10-20)23(26)25(18-21-7-5-4-6-8-21)19(2)17-24-13-15-27-16-14-24/h4-12,19H,3,13-18H2,1-2H3. The first-order valence-corrected chi connectivity index (χ1v) is 9.91. The zero-order chi connectivity index (χ0) is 19.1. The van der Waals surface area contributed by atoms with E-state index in [-0.39, 0.29) is 11.9 Å². The van der Waals surface area contributed by atoms with Gasteiger partial charge in [-0.05, 0) is 36.6 Å². The van der Waals surface area contributed by atoms with E-state index in [9.17, 15) is 4.79 Å². The summed E-state index contributed by atoms with van der Waals surface area (Å²) in [6, 6.07) is 18.4. The van der Waals surface area contributed by atoms with Crippen LogP contribution in [0.1, 0.15) is 35.3 Å². The van der Waals surface area contributed by atoms with Crippen LogP contribution in [0.25, 0.3) is 0 Å². The van der Waals surface area contributed by atoms with Crippen LogP contribution in [-0.4, -0.2) is 54.6 Å². The Kier molecular flexibility index (Phi) is 7.02. The zero-order valence-corrected chi connectivity index (χ0v) is 16.4. The average Bonchev–Trinajstić information content (AvgIpc) is 2.73. The number of morpholine rings is 1. The van der Waals surface area contributed by atoms with Crippen molar-refractivity contribution in [3.05, 3.63) is 71.3 Å². The van der Waals surface area contributed by atoms with Gasteiger partial charge in [0.2, 0.25) is 0 Å². The molecule has 0 bridgehead atoms. The van der Waals surface area contributed by atoms with Gasteiger partial charge in [-0.25, -0.2) is 0 Å². The molecule has 4 heteroatoms. The average molecular weight is 367 g/mol. The van der Waals surface area contributed by atoms with Crippen LogP contribution in [-0.2, 0) is 17.7 Å². The second-order valence-corrected chi connectivity index (χ2v) is 7.23. The zero-order valence-electron chi connectivity index (χ0n) is 16.4. The molecule has 1 fully saturated rings. The van der Waals surface area contributed by atoms with Crippen molar-refractivity contribution in [2.24, 2.45) is 0 Å². The van der Waals surface area contributed by atoms with Gasteiger partial charge in [-0.2, -0.15) is 0 Å². The molecule has 4 nitrogen and oxygen atoms in total. The molecule has 0 radical (unpaired) electrons. The Morgan fingerprint density at radius 2 is 1.70 bits per heavy atom. The Morgan fingerprint density at radius 1 is 1.04 bits per heavy atom. The van der Waals surface area contributed by atoms with E-state index in [0.29, 0.717) is 6.54 Å². The maximum atomic E-state index is 13.3. The summed E-state index contributed by atoms with van der Waals surface area (Å²) in [4.78, 5) is 17.7. The molecule has 0 aliphatic carbocycles. The smallest absolute Gasteiger partial charge is 0.254 e. The van der Waals surface area contributed by atoms with Crippen molar-refractivity contribution in [3.63, 3.8) is 0 Å². The summed E-state index contributed by atoms with van der Waals surface area (Å²) >= 11 is 0. The predicted octanol–water partition coefficient (Wildman–Crippen LogP) is 3.61. The summed E-state index contributed by atoms with van der Waals surface area (Å²) < 4.78 is 5.45. The number of hydrogen-bond acceptors (Lipinski definition) is 3. The number of aryl methyl sites for hydroxylation is 1.